The Balaban J connectivity index is 1.36. The lowest BCUT2D eigenvalue weighted by Gasteiger charge is -2.18. The van der Waals surface area contributed by atoms with Crippen LogP contribution >= 0.6 is 0 Å². The molecule has 6 aliphatic heterocycles. The van der Waals surface area contributed by atoms with E-state index in [0.717, 1.165) is 131 Å². The van der Waals surface area contributed by atoms with Crippen LogP contribution in [0.2, 0.25) is 0 Å². The van der Waals surface area contributed by atoms with E-state index in [2.05, 4.69) is 38.2 Å². The van der Waals surface area contributed by atoms with Crippen molar-refractivity contribution in [3.8, 4) is 0 Å². The van der Waals surface area contributed by atoms with Gasteiger partial charge < -0.3 is 19.9 Å². The summed E-state index contributed by atoms with van der Waals surface area (Å²) in [4.78, 5) is 40.9. The highest BCUT2D eigenvalue weighted by atomic mass is 16.5. The second-order valence-electron chi connectivity index (χ2n) is 14.7. The third kappa shape index (κ3) is 6.79. The summed E-state index contributed by atoms with van der Waals surface area (Å²) in [5, 5.41) is 15.2. The minimum absolute atomic E-state index is 0.119. The minimum atomic E-state index is -0.221. The predicted molar refractivity (Wildman–Crippen MR) is 200 cm³/mol. The Bertz CT molecular complexity index is 1920. The number of aliphatic hydroxyl groups is 1. The number of cyclic esters (lactones) is 2. The summed E-state index contributed by atoms with van der Waals surface area (Å²) in [6, 6.07) is 0. The Morgan fingerprint density at radius 3 is 2.24 bits per heavy atom. The summed E-state index contributed by atoms with van der Waals surface area (Å²) in [6.07, 6.45) is 15.4. The molecule has 7 aliphatic rings. The van der Waals surface area contributed by atoms with Gasteiger partial charge in [-0.3, -0.25) is 9.59 Å². The second kappa shape index (κ2) is 14.6. The van der Waals surface area contributed by atoms with Gasteiger partial charge in [0.05, 0.1) is 40.8 Å². The first kappa shape index (κ1) is 34.9. The van der Waals surface area contributed by atoms with Gasteiger partial charge in [0.25, 0.3) is 0 Å². The minimum Gasteiger partial charge on any atom is -0.511 e. The van der Waals surface area contributed by atoms with Crippen LogP contribution in [0.4, 0.5) is 0 Å². The van der Waals surface area contributed by atoms with Crippen molar-refractivity contribution in [3.05, 3.63) is 91.5 Å². The number of nitrogens with one attached hydrogen (secondary N) is 1. The van der Waals surface area contributed by atoms with Crippen molar-refractivity contribution in [2.24, 2.45) is 26.8 Å². The first-order valence-electron chi connectivity index (χ1n) is 18.9. The molecule has 0 radical (unpaired) electrons. The molecule has 0 amide bonds. The van der Waals surface area contributed by atoms with Gasteiger partial charge in [-0.2, -0.15) is 0 Å². The van der Waals surface area contributed by atoms with Gasteiger partial charge in [-0.25, -0.2) is 15.0 Å². The normalized spacial score (nSPS) is 26.5. The first-order valence-corrected chi connectivity index (χ1v) is 18.9. The van der Waals surface area contributed by atoms with Crippen LogP contribution in [0.15, 0.2) is 106 Å². The van der Waals surface area contributed by atoms with E-state index in [1.165, 1.54) is 5.57 Å². The smallest absolute Gasteiger partial charge is 0.306 e. The maximum atomic E-state index is 12.9. The zero-order chi connectivity index (χ0) is 35.8. The SMILES string of the molecule is CCC1=C(C)C2=NC1=CC1=NC3=CC4=C(C)C5=C(O)CC(=C6NC(=C2)C(C)C6CCCOC(=O)CCCCCCCCC(=O)OCC3=C1C)C5=N4. The Morgan fingerprint density at radius 1 is 0.804 bits per heavy atom. The monoisotopic (exact) mass is 690 g/mol. The van der Waals surface area contributed by atoms with E-state index in [0.29, 0.717) is 37.3 Å². The topological polar surface area (TPSA) is 122 Å². The Morgan fingerprint density at radius 2 is 1.49 bits per heavy atom. The third-order valence-corrected chi connectivity index (χ3v) is 11.5. The van der Waals surface area contributed by atoms with Gasteiger partial charge in [0.1, 0.15) is 12.4 Å². The number of esters is 2. The number of fused-ring (bicyclic) bond motifs is 2. The van der Waals surface area contributed by atoms with Crippen LogP contribution in [0.3, 0.4) is 0 Å². The van der Waals surface area contributed by atoms with Crippen LogP contribution in [0.1, 0.15) is 112 Å². The molecule has 1 aliphatic carbocycles. The van der Waals surface area contributed by atoms with Crippen LogP contribution < -0.4 is 5.32 Å². The number of aliphatic hydroxyl groups excluding tert-OH is 1. The van der Waals surface area contributed by atoms with Gasteiger partial charge >= 0.3 is 11.9 Å². The molecule has 1 fully saturated rings. The van der Waals surface area contributed by atoms with Crippen molar-refractivity contribution in [2.75, 3.05) is 13.2 Å². The molecular formula is C42H50N4O5. The fraction of sp³-hybridized carbons (Fsp3) is 0.500. The van der Waals surface area contributed by atoms with Gasteiger partial charge in [-0.1, -0.05) is 39.5 Å². The van der Waals surface area contributed by atoms with E-state index >= 15 is 0 Å². The first-order chi connectivity index (χ1) is 24.6. The molecule has 9 nitrogen and oxygen atoms in total. The molecule has 0 aromatic heterocycles. The number of allylic oxidation sites excluding steroid dienone is 11. The maximum absolute atomic E-state index is 12.9. The van der Waals surface area contributed by atoms with E-state index in [9.17, 15) is 14.7 Å². The number of hydrogen-bond donors (Lipinski definition) is 2. The highest BCUT2D eigenvalue weighted by Gasteiger charge is 2.41. The largest absolute Gasteiger partial charge is 0.511 e. The number of ether oxygens (including phenoxy) is 2. The molecule has 0 aromatic carbocycles. The highest BCUT2D eigenvalue weighted by molar-refractivity contribution is 6.21. The fourth-order valence-corrected chi connectivity index (χ4v) is 8.37. The van der Waals surface area contributed by atoms with Crippen molar-refractivity contribution >= 4 is 29.1 Å². The molecule has 0 saturated carbocycles. The number of carbonyl (C=O) groups is 2. The molecule has 0 aromatic rings. The van der Waals surface area contributed by atoms with E-state index in [4.69, 9.17) is 24.5 Å². The number of hydrogen-bond acceptors (Lipinski definition) is 9. The summed E-state index contributed by atoms with van der Waals surface area (Å²) < 4.78 is 11.6. The third-order valence-electron chi connectivity index (χ3n) is 11.5. The number of aliphatic imine (C=N–C) groups is 3. The van der Waals surface area contributed by atoms with Crippen LogP contribution in [-0.4, -0.2) is 47.4 Å². The summed E-state index contributed by atoms with van der Waals surface area (Å²) in [7, 11) is 0. The van der Waals surface area contributed by atoms with Crippen molar-refractivity contribution < 1.29 is 24.2 Å². The Labute approximate surface area is 301 Å². The van der Waals surface area contributed by atoms with E-state index in [1.807, 2.05) is 19.9 Å². The Kier molecular flexibility index (Phi) is 9.99. The standard InChI is InChI=1S/C42H50N4O5/c1-6-27-23(2)31-19-33-24(3)28-14-13-17-50-38(48)15-11-9-7-8-10-12-16-39(49)51-22-30-25(4)32(20-35(27)43-31)44-36(30)21-34-26(5)40-37(47)18-29(41(28)45-33)42(40)46-34/h19-21,24,28,45,47H,6-18,22H2,1-5H3. The zero-order valence-corrected chi connectivity index (χ0v) is 30.7. The lowest BCUT2D eigenvalue weighted by Crippen LogP contribution is -2.15. The number of nitrogens with zero attached hydrogens (tertiary/aromatic N) is 3. The lowest BCUT2D eigenvalue weighted by molar-refractivity contribution is -0.144. The molecular weight excluding hydrogens is 640 g/mol. The lowest BCUT2D eigenvalue weighted by atomic mass is 9.86. The zero-order valence-electron chi connectivity index (χ0n) is 30.7. The van der Waals surface area contributed by atoms with E-state index in [-0.39, 0.29) is 30.4 Å². The molecule has 0 spiro atoms. The van der Waals surface area contributed by atoms with E-state index < -0.39 is 0 Å². The molecule has 2 atom stereocenters. The Hall–Kier alpha value is -4.53. The van der Waals surface area contributed by atoms with Crippen LogP contribution in [0, 0.1) is 11.8 Å². The van der Waals surface area contributed by atoms with Crippen LogP contribution in [0.5, 0.6) is 0 Å². The summed E-state index contributed by atoms with van der Waals surface area (Å²) in [5.41, 5.74) is 13.8. The predicted octanol–water partition coefficient (Wildman–Crippen LogP) is 8.66. The average molecular weight is 691 g/mol. The van der Waals surface area contributed by atoms with Crippen molar-refractivity contribution in [1.29, 1.82) is 0 Å². The molecule has 1 saturated heterocycles. The molecule has 268 valence electrons. The van der Waals surface area contributed by atoms with E-state index in [1.54, 1.807) is 0 Å². The molecule has 6 heterocycles. The molecule has 2 unspecified atom stereocenters. The molecule has 2 N–H and O–H groups in total. The quantitative estimate of drug-likeness (QED) is 0.266. The van der Waals surface area contributed by atoms with Gasteiger partial charge in [-0.05, 0) is 93.4 Å². The maximum Gasteiger partial charge on any atom is 0.306 e. The van der Waals surface area contributed by atoms with Crippen LogP contribution in [-0.2, 0) is 19.1 Å². The number of carbonyl (C=O) groups excluding carboxylic acids is 2. The molecule has 51 heavy (non-hydrogen) atoms. The molecule has 9 heteroatoms. The van der Waals surface area contributed by atoms with Gasteiger partial charge in [-0.15, -0.1) is 0 Å². The second-order valence-corrected chi connectivity index (χ2v) is 14.7. The molecule has 7 rings (SSSR count). The molecule has 8 bridgehead atoms. The van der Waals surface area contributed by atoms with Gasteiger partial charge in [0.2, 0.25) is 0 Å². The van der Waals surface area contributed by atoms with Crippen molar-refractivity contribution in [3.63, 3.8) is 0 Å². The summed E-state index contributed by atoms with van der Waals surface area (Å²) in [5.74, 6) is 0.222. The average Bonchev–Trinajstić information content (AvgIpc) is 3.85. The summed E-state index contributed by atoms with van der Waals surface area (Å²) >= 11 is 0. The van der Waals surface area contributed by atoms with Crippen molar-refractivity contribution in [1.82, 2.24) is 5.32 Å². The van der Waals surface area contributed by atoms with Gasteiger partial charge in [0.15, 0.2) is 0 Å². The van der Waals surface area contributed by atoms with Crippen molar-refractivity contribution in [2.45, 2.75) is 112 Å². The summed E-state index contributed by atoms with van der Waals surface area (Å²) in [6.45, 7) is 11.1. The van der Waals surface area contributed by atoms with Crippen LogP contribution in [0.25, 0.3) is 0 Å². The highest BCUT2D eigenvalue weighted by Crippen LogP contribution is 2.46. The van der Waals surface area contributed by atoms with Gasteiger partial charge in [0, 0.05) is 59.2 Å². The fourth-order valence-electron chi connectivity index (χ4n) is 8.37. The number of rotatable bonds is 1.